The van der Waals surface area contributed by atoms with Crippen LogP contribution in [-0.4, -0.2) is 48.2 Å². The van der Waals surface area contributed by atoms with E-state index >= 15 is 0 Å². The molecule has 3 rings (SSSR count). The van der Waals surface area contributed by atoms with Crippen LogP contribution in [0.3, 0.4) is 0 Å². The summed E-state index contributed by atoms with van der Waals surface area (Å²) in [5.74, 6) is 0.423. The Labute approximate surface area is 180 Å². The molecule has 1 heterocycles. The molecule has 8 nitrogen and oxygen atoms in total. The lowest BCUT2D eigenvalue weighted by atomic mass is 10.1. The fourth-order valence-corrected chi connectivity index (χ4v) is 2.95. The summed E-state index contributed by atoms with van der Waals surface area (Å²) >= 11 is 0. The predicted octanol–water partition coefficient (Wildman–Crippen LogP) is 2.94. The van der Waals surface area contributed by atoms with Crippen molar-refractivity contribution in [3.05, 3.63) is 59.9 Å². The number of esters is 1. The molecule has 0 spiro atoms. The first-order chi connectivity index (χ1) is 15.1. The first-order valence-corrected chi connectivity index (χ1v) is 10.1. The zero-order chi connectivity index (χ0) is 22.1. The van der Waals surface area contributed by atoms with E-state index < -0.39 is 5.97 Å². The van der Waals surface area contributed by atoms with Gasteiger partial charge in [0, 0.05) is 18.9 Å². The molecule has 1 aromatic heterocycles. The van der Waals surface area contributed by atoms with E-state index in [0.29, 0.717) is 54.3 Å². The van der Waals surface area contributed by atoms with Gasteiger partial charge in [0.2, 0.25) is 0 Å². The van der Waals surface area contributed by atoms with Gasteiger partial charge in [-0.05, 0) is 56.2 Å². The third-order valence-corrected chi connectivity index (χ3v) is 4.38. The van der Waals surface area contributed by atoms with Gasteiger partial charge in [-0.3, -0.25) is 14.8 Å². The van der Waals surface area contributed by atoms with Gasteiger partial charge >= 0.3 is 5.97 Å². The van der Waals surface area contributed by atoms with Crippen LogP contribution in [0.5, 0.6) is 11.5 Å². The van der Waals surface area contributed by atoms with Crippen LogP contribution in [-0.2, 0) is 16.0 Å². The summed E-state index contributed by atoms with van der Waals surface area (Å²) in [6, 6.07) is 10.6. The Balaban J connectivity index is 1.46. The minimum atomic E-state index is -0.587. The van der Waals surface area contributed by atoms with Gasteiger partial charge in [0.1, 0.15) is 0 Å². The topological polar surface area (TPSA) is 99.6 Å². The number of hydrogen-bond acceptors (Lipinski definition) is 7. The standard InChI is InChI=1S/C23H25N3O5/c1-3-29-20-8-5-16(13-21(20)30-4-2)9-10-26-22(27)15-31-23(28)17-6-7-18-19(14-17)25-12-11-24-18/h5-8,11-14H,3-4,9-10,15H2,1-2H3,(H,26,27). The van der Waals surface area contributed by atoms with Gasteiger partial charge in [0.15, 0.2) is 18.1 Å². The molecule has 0 aliphatic carbocycles. The van der Waals surface area contributed by atoms with Crippen LogP contribution in [0.15, 0.2) is 48.8 Å². The SMILES string of the molecule is CCOc1ccc(CCNC(=O)COC(=O)c2ccc3nccnc3c2)cc1OCC. The lowest BCUT2D eigenvalue weighted by Crippen LogP contribution is -2.30. The van der Waals surface area contributed by atoms with E-state index in [1.165, 1.54) is 0 Å². The number of carbonyl (C=O) groups excluding carboxylic acids is 2. The molecule has 0 radical (unpaired) electrons. The van der Waals surface area contributed by atoms with Gasteiger partial charge in [0.25, 0.3) is 5.91 Å². The Bertz CT molecular complexity index is 1050. The number of nitrogens with one attached hydrogen (secondary N) is 1. The first-order valence-electron chi connectivity index (χ1n) is 10.1. The van der Waals surface area contributed by atoms with Crippen molar-refractivity contribution in [3.63, 3.8) is 0 Å². The second-order valence-electron chi connectivity index (χ2n) is 6.58. The van der Waals surface area contributed by atoms with E-state index in [9.17, 15) is 9.59 Å². The van der Waals surface area contributed by atoms with Crippen molar-refractivity contribution < 1.29 is 23.8 Å². The van der Waals surface area contributed by atoms with Crippen LogP contribution >= 0.6 is 0 Å². The molecular weight excluding hydrogens is 398 g/mol. The molecule has 0 aliphatic rings. The van der Waals surface area contributed by atoms with E-state index in [1.807, 2.05) is 32.0 Å². The number of nitrogens with zero attached hydrogens (tertiary/aromatic N) is 2. The minimum Gasteiger partial charge on any atom is -0.490 e. The van der Waals surface area contributed by atoms with Crippen LogP contribution in [0, 0.1) is 0 Å². The molecule has 0 bridgehead atoms. The van der Waals surface area contributed by atoms with Gasteiger partial charge in [-0.25, -0.2) is 4.79 Å². The Morgan fingerprint density at radius 2 is 1.65 bits per heavy atom. The number of fused-ring (bicyclic) bond motifs is 1. The average Bonchev–Trinajstić information content (AvgIpc) is 2.79. The van der Waals surface area contributed by atoms with Crippen LogP contribution in [0.2, 0.25) is 0 Å². The molecule has 0 aliphatic heterocycles. The Kier molecular flexibility index (Phi) is 7.75. The summed E-state index contributed by atoms with van der Waals surface area (Å²) in [5.41, 5.74) is 2.59. The number of hydrogen-bond donors (Lipinski definition) is 1. The normalized spacial score (nSPS) is 10.5. The number of carbonyl (C=O) groups is 2. The molecule has 3 aromatic rings. The molecule has 0 saturated carbocycles. The Hall–Kier alpha value is -3.68. The second kappa shape index (κ2) is 10.9. The molecule has 0 unspecified atom stereocenters. The highest BCUT2D eigenvalue weighted by molar-refractivity contribution is 5.94. The molecule has 162 valence electrons. The number of amides is 1. The molecule has 31 heavy (non-hydrogen) atoms. The van der Waals surface area contributed by atoms with Gasteiger partial charge in [-0.1, -0.05) is 6.07 Å². The first kappa shape index (κ1) is 22.0. The summed E-state index contributed by atoms with van der Waals surface area (Å²) in [5, 5.41) is 2.75. The van der Waals surface area contributed by atoms with E-state index in [0.717, 1.165) is 5.56 Å². The van der Waals surface area contributed by atoms with E-state index in [-0.39, 0.29) is 12.5 Å². The maximum absolute atomic E-state index is 12.2. The van der Waals surface area contributed by atoms with Crippen LogP contribution in [0.1, 0.15) is 29.8 Å². The van der Waals surface area contributed by atoms with Crippen molar-refractivity contribution in [2.45, 2.75) is 20.3 Å². The molecule has 0 saturated heterocycles. The smallest absolute Gasteiger partial charge is 0.338 e. The lowest BCUT2D eigenvalue weighted by molar-refractivity contribution is -0.124. The molecule has 8 heteroatoms. The maximum atomic E-state index is 12.2. The highest BCUT2D eigenvalue weighted by Gasteiger charge is 2.12. The van der Waals surface area contributed by atoms with Crippen molar-refractivity contribution in [2.24, 2.45) is 0 Å². The number of rotatable bonds is 10. The van der Waals surface area contributed by atoms with E-state index in [2.05, 4.69) is 15.3 Å². The van der Waals surface area contributed by atoms with Crippen molar-refractivity contribution in [3.8, 4) is 11.5 Å². The number of ether oxygens (including phenoxy) is 3. The summed E-state index contributed by atoms with van der Waals surface area (Å²) in [6.07, 6.45) is 3.73. The summed E-state index contributed by atoms with van der Waals surface area (Å²) < 4.78 is 16.3. The highest BCUT2D eigenvalue weighted by atomic mass is 16.5. The lowest BCUT2D eigenvalue weighted by Gasteiger charge is -2.12. The summed E-state index contributed by atoms with van der Waals surface area (Å²) in [6.45, 7) is 4.97. The largest absolute Gasteiger partial charge is 0.490 e. The maximum Gasteiger partial charge on any atom is 0.338 e. The molecule has 2 aromatic carbocycles. The zero-order valence-electron chi connectivity index (χ0n) is 17.6. The quantitative estimate of drug-likeness (QED) is 0.501. The van der Waals surface area contributed by atoms with Crippen molar-refractivity contribution in [1.29, 1.82) is 0 Å². The molecule has 0 fully saturated rings. The van der Waals surface area contributed by atoms with Gasteiger partial charge in [0.05, 0.1) is 29.8 Å². The monoisotopic (exact) mass is 423 g/mol. The fraction of sp³-hybridized carbons (Fsp3) is 0.304. The number of benzene rings is 2. The third-order valence-electron chi connectivity index (χ3n) is 4.38. The van der Waals surface area contributed by atoms with E-state index in [1.54, 1.807) is 30.6 Å². The van der Waals surface area contributed by atoms with Crippen LogP contribution < -0.4 is 14.8 Å². The molecule has 1 amide bonds. The second-order valence-corrected chi connectivity index (χ2v) is 6.58. The van der Waals surface area contributed by atoms with Crippen LogP contribution in [0.25, 0.3) is 11.0 Å². The Morgan fingerprint density at radius 1 is 0.903 bits per heavy atom. The van der Waals surface area contributed by atoms with E-state index in [4.69, 9.17) is 14.2 Å². The zero-order valence-corrected chi connectivity index (χ0v) is 17.6. The van der Waals surface area contributed by atoms with Crippen LogP contribution in [0.4, 0.5) is 0 Å². The van der Waals surface area contributed by atoms with Crippen molar-refractivity contribution in [2.75, 3.05) is 26.4 Å². The number of aromatic nitrogens is 2. The predicted molar refractivity (Wildman–Crippen MR) is 115 cm³/mol. The van der Waals surface area contributed by atoms with Gasteiger partial charge < -0.3 is 19.5 Å². The molecule has 0 atom stereocenters. The minimum absolute atomic E-state index is 0.318. The highest BCUT2D eigenvalue weighted by Crippen LogP contribution is 2.28. The third kappa shape index (κ3) is 6.15. The summed E-state index contributed by atoms with van der Waals surface area (Å²) in [4.78, 5) is 32.5. The van der Waals surface area contributed by atoms with Gasteiger partial charge in [-0.2, -0.15) is 0 Å². The molecule has 1 N–H and O–H groups in total. The Morgan fingerprint density at radius 3 is 2.42 bits per heavy atom. The van der Waals surface area contributed by atoms with Gasteiger partial charge in [-0.15, -0.1) is 0 Å². The average molecular weight is 423 g/mol. The van der Waals surface area contributed by atoms with Crippen molar-refractivity contribution in [1.82, 2.24) is 15.3 Å². The fourth-order valence-electron chi connectivity index (χ4n) is 2.95. The molecular formula is C23H25N3O5. The summed E-state index contributed by atoms with van der Waals surface area (Å²) in [7, 11) is 0. The van der Waals surface area contributed by atoms with Crippen molar-refractivity contribution >= 4 is 22.9 Å².